The molecule has 1 aromatic carbocycles. The molecule has 2 aromatic rings. The summed E-state index contributed by atoms with van der Waals surface area (Å²) in [5, 5.41) is 38.2. The van der Waals surface area contributed by atoms with E-state index in [1.165, 1.54) is 5.57 Å². The summed E-state index contributed by atoms with van der Waals surface area (Å²) < 4.78 is 0. The number of aromatic nitrogens is 1. The second-order valence-corrected chi connectivity index (χ2v) is 13.8. The molecule has 9 nitrogen and oxygen atoms in total. The number of carboxylic acids is 1. The number of H-pyrrole nitrogens is 1. The van der Waals surface area contributed by atoms with E-state index in [4.69, 9.17) is 4.84 Å². The zero-order chi connectivity index (χ0) is 29.9. The van der Waals surface area contributed by atoms with Crippen molar-refractivity contribution in [1.82, 2.24) is 10.3 Å². The summed E-state index contributed by atoms with van der Waals surface area (Å²) in [5.74, 6) is 0.227. The quantitative estimate of drug-likeness (QED) is 0.291. The molecule has 1 aromatic heterocycles. The number of fused-ring (bicyclic) bond motifs is 6. The predicted molar refractivity (Wildman–Crippen MR) is 159 cm³/mol. The Hall–Kier alpha value is -3.33. The van der Waals surface area contributed by atoms with E-state index in [1.807, 2.05) is 6.92 Å². The number of carbonyl (C=O) groups excluding carboxylic acids is 1. The molecule has 3 saturated carbocycles. The molecule has 4 unspecified atom stereocenters. The number of nitrogens with zero attached hydrogens (tertiary/aromatic N) is 1. The minimum absolute atomic E-state index is 0.0134. The van der Waals surface area contributed by atoms with Gasteiger partial charge in [0.1, 0.15) is 11.8 Å². The highest BCUT2D eigenvalue weighted by molar-refractivity contribution is 5.96. The number of hydrogen-bond donors (Lipinski definition) is 5. The number of benzene rings is 1. The number of carbonyl (C=O) groups is 2. The molecule has 0 radical (unpaired) electrons. The lowest BCUT2D eigenvalue weighted by Crippen LogP contribution is -2.53. The maximum Gasteiger partial charge on any atom is 0.326 e. The first-order valence-electron chi connectivity index (χ1n) is 15.3. The predicted octanol–water partition coefficient (Wildman–Crippen LogP) is 5.07. The molecule has 0 bridgehead atoms. The van der Waals surface area contributed by atoms with Crippen molar-refractivity contribution in [2.24, 2.45) is 33.7 Å². The van der Waals surface area contributed by atoms with E-state index < -0.39 is 23.5 Å². The van der Waals surface area contributed by atoms with Crippen molar-refractivity contribution in [2.75, 3.05) is 6.61 Å². The number of aliphatic carboxylic acids is 1. The summed E-state index contributed by atoms with van der Waals surface area (Å²) in [4.78, 5) is 33.0. The molecular weight excluding hydrogens is 534 g/mol. The largest absolute Gasteiger partial charge is 0.508 e. The number of aromatic amines is 1. The fraction of sp³-hybridized carbons (Fsp3) is 0.606. The van der Waals surface area contributed by atoms with Crippen molar-refractivity contribution in [3.05, 3.63) is 41.6 Å². The van der Waals surface area contributed by atoms with Gasteiger partial charge in [0, 0.05) is 23.5 Å². The van der Waals surface area contributed by atoms with Crippen molar-refractivity contribution in [3.8, 4) is 5.75 Å². The van der Waals surface area contributed by atoms with Crippen LogP contribution in [0, 0.1) is 28.6 Å². The fourth-order valence-electron chi connectivity index (χ4n) is 9.05. The maximum atomic E-state index is 12.6. The Kier molecular flexibility index (Phi) is 7.15. The Bertz CT molecular complexity index is 1460. The summed E-state index contributed by atoms with van der Waals surface area (Å²) >= 11 is 0. The Morgan fingerprint density at radius 2 is 1.90 bits per heavy atom. The number of rotatable bonds is 7. The van der Waals surface area contributed by atoms with Crippen LogP contribution >= 0.6 is 0 Å². The summed E-state index contributed by atoms with van der Waals surface area (Å²) in [6, 6.07) is 3.69. The van der Waals surface area contributed by atoms with E-state index >= 15 is 0 Å². The van der Waals surface area contributed by atoms with Crippen molar-refractivity contribution < 1.29 is 29.7 Å². The fourth-order valence-corrected chi connectivity index (χ4v) is 9.05. The van der Waals surface area contributed by atoms with Crippen LogP contribution in [0.2, 0.25) is 0 Å². The van der Waals surface area contributed by atoms with Gasteiger partial charge in [0.25, 0.3) is 5.91 Å². The lowest BCUT2D eigenvalue weighted by atomic mass is 9.46. The number of nitrogens with one attached hydrogen (secondary N) is 2. The van der Waals surface area contributed by atoms with Gasteiger partial charge in [-0.3, -0.25) is 4.79 Å². The molecule has 0 spiro atoms. The smallest absolute Gasteiger partial charge is 0.326 e. The molecule has 226 valence electrons. The molecular formula is C33H43N3O6. The second kappa shape index (κ2) is 10.4. The monoisotopic (exact) mass is 577 g/mol. The summed E-state index contributed by atoms with van der Waals surface area (Å²) in [6.45, 7) is 6.41. The van der Waals surface area contributed by atoms with E-state index in [1.54, 1.807) is 24.4 Å². The minimum atomic E-state index is -1.15. The molecule has 6 rings (SSSR count). The van der Waals surface area contributed by atoms with E-state index in [0.717, 1.165) is 62.6 Å². The van der Waals surface area contributed by atoms with Crippen molar-refractivity contribution in [2.45, 2.75) is 90.2 Å². The van der Waals surface area contributed by atoms with Crippen LogP contribution in [0.1, 0.15) is 77.7 Å². The van der Waals surface area contributed by atoms with E-state index in [0.29, 0.717) is 28.7 Å². The first-order valence-corrected chi connectivity index (χ1v) is 15.3. The van der Waals surface area contributed by atoms with Crippen molar-refractivity contribution in [3.63, 3.8) is 0 Å². The van der Waals surface area contributed by atoms with Gasteiger partial charge in [-0.15, -0.1) is 0 Å². The third-order valence-corrected chi connectivity index (χ3v) is 11.7. The van der Waals surface area contributed by atoms with Crippen LogP contribution < -0.4 is 5.32 Å². The second-order valence-electron chi connectivity index (χ2n) is 13.8. The lowest BCUT2D eigenvalue weighted by molar-refractivity contribution is -0.142. The highest BCUT2D eigenvalue weighted by atomic mass is 16.6. The lowest BCUT2D eigenvalue weighted by Gasteiger charge is -2.59. The number of amides is 1. The number of aromatic hydroxyl groups is 1. The van der Waals surface area contributed by atoms with Crippen LogP contribution in [-0.2, 0) is 20.8 Å². The zero-order valence-corrected chi connectivity index (χ0v) is 24.8. The van der Waals surface area contributed by atoms with Crippen LogP contribution in [0.5, 0.6) is 5.75 Å². The van der Waals surface area contributed by atoms with E-state index in [-0.39, 0.29) is 29.6 Å². The van der Waals surface area contributed by atoms with E-state index in [9.17, 15) is 24.9 Å². The first-order chi connectivity index (χ1) is 19.9. The topological polar surface area (TPSA) is 144 Å². The number of carboxylic acid groups (broad SMARTS) is 1. The van der Waals surface area contributed by atoms with Gasteiger partial charge in [0.15, 0.2) is 6.61 Å². The summed E-state index contributed by atoms with van der Waals surface area (Å²) in [5.41, 5.74) is 3.28. The number of hydrogen-bond acceptors (Lipinski definition) is 6. The van der Waals surface area contributed by atoms with Gasteiger partial charge in [-0.05, 0) is 117 Å². The summed E-state index contributed by atoms with van der Waals surface area (Å²) in [7, 11) is 0. The number of allylic oxidation sites excluding steroid dienone is 2. The molecule has 42 heavy (non-hydrogen) atoms. The number of phenols is 1. The minimum Gasteiger partial charge on any atom is -0.508 e. The van der Waals surface area contributed by atoms with Gasteiger partial charge >= 0.3 is 5.97 Å². The Morgan fingerprint density at radius 3 is 2.69 bits per heavy atom. The van der Waals surface area contributed by atoms with Crippen LogP contribution in [0.25, 0.3) is 10.9 Å². The number of phenolic OH excluding ortho intramolecular Hbond substituents is 1. The molecule has 4 aliphatic carbocycles. The maximum absolute atomic E-state index is 12.6. The van der Waals surface area contributed by atoms with Crippen molar-refractivity contribution in [1.29, 1.82) is 0 Å². The normalized spacial score (nSPS) is 35.6. The average Bonchev–Trinajstić information content (AvgIpc) is 3.44. The zero-order valence-electron chi connectivity index (χ0n) is 24.8. The highest BCUT2D eigenvalue weighted by Gasteiger charge is 2.62. The van der Waals surface area contributed by atoms with Crippen LogP contribution in [0.15, 0.2) is 41.2 Å². The molecule has 5 N–H and O–H groups in total. The van der Waals surface area contributed by atoms with E-state index in [2.05, 4.69) is 35.4 Å². The number of oxime groups is 1. The standard InChI is InChI=1S/C33H43N3O6/c1-31-11-8-21(15-20(31)4-6-23-25(31)9-12-32(2)26(23)10-13-33(32,3)41)36-42-18-29(38)35-28(30(39)40)14-19-17-34-27-7-5-22(37)16-24(19)27/h5,7,15-17,23,25-26,28,34,37,41H,4,6,8-14,18H2,1-3H3,(H,35,38)(H,39,40)/t23?,25?,26?,28?,31-,32-,33-/m0/s1. The van der Waals surface area contributed by atoms with Gasteiger partial charge in [0.2, 0.25) is 0 Å². The Labute approximate surface area is 246 Å². The molecule has 9 heteroatoms. The Balaban J connectivity index is 1.07. The van der Waals surface area contributed by atoms with Gasteiger partial charge < -0.3 is 30.5 Å². The van der Waals surface area contributed by atoms with Gasteiger partial charge in [-0.1, -0.05) is 24.6 Å². The molecule has 4 aliphatic rings. The molecule has 1 heterocycles. The SMILES string of the molecule is C[C@]12CCC(=NOCC(=O)NC(Cc3c[nH]c4ccc(O)cc34)C(=O)O)C=C1CCC1C2CC[C@@]2(C)C1CC[C@]2(C)O. The van der Waals surface area contributed by atoms with Crippen LogP contribution in [0.3, 0.4) is 0 Å². The average molecular weight is 578 g/mol. The Morgan fingerprint density at radius 1 is 1.12 bits per heavy atom. The number of aliphatic hydroxyl groups is 1. The molecule has 1 amide bonds. The van der Waals surface area contributed by atoms with Crippen LogP contribution in [-0.4, -0.2) is 56.1 Å². The molecule has 3 fully saturated rings. The third kappa shape index (κ3) is 4.79. The van der Waals surface area contributed by atoms with Gasteiger partial charge in [-0.25, -0.2) is 4.79 Å². The third-order valence-electron chi connectivity index (χ3n) is 11.7. The first kappa shape index (κ1) is 28.8. The van der Waals surface area contributed by atoms with Gasteiger partial charge in [0.05, 0.1) is 11.3 Å². The van der Waals surface area contributed by atoms with Gasteiger partial charge in [-0.2, -0.15) is 0 Å². The highest BCUT2D eigenvalue weighted by Crippen LogP contribution is 2.67. The summed E-state index contributed by atoms with van der Waals surface area (Å²) in [6.07, 6.45) is 12.1. The molecule has 0 saturated heterocycles. The molecule has 0 aliphatic heterocycles. The van der Waals surface area contributed by atoms with Crippen molar-refractivity contribution >= 4 is 28.5 Å². The molecule has 7 atom stereocenters. The van der Waals surface area contributed by atoms with Crippen LogP contribution in [0.4, 0.5) is 0 Å².